The molecular weight excluding hydrogens is 343 g/mol. The van der Waals surface area contributed by atoms with E-state index in [1.807, 2.05) is 38.1 Å². The number of halogens is 1. The van der Waals surface area contributed by atoms with Gasteiger partial charge in [-0.2, -0.15) is 0 Å². The van der Waals surface area contributed by atoms with Gasteiger partial charge in [0, 0.05) is 25.1 Å². The molecule has 0 saturated heterocycles. The number of aryl methyl sites for hydroxylation is 1. The van der Waals surface area contributed by atoms with Gasteiger partial charge in [0.2, 0.25) is 11.8 Å². The molecule has 1 N–H and O–H groups in total. The molecule has 0 saturated carbocycles. The highest BCUT2D eigenvalue weighted by molar-refractivity contribution is 5.97. The van der Waals surface area contributed by atoms with E-state index in [-0.39, 0.29) is 23.5 Å². The molecule has 0 aromatic heterocycles. The number of carbonyl (C=O) groups is 2. The van der Waals surface area contributed by atoms with Crippen molar-refractivity contribution in [2.75, 3.05) is 5.32 Å². The van der Waals surface area contributed by atoms with E-state index in [1.54, 1.807) is 24.0 Å². The number of fused-ring (bicyclic) bond motifs is 1. The zero-order chi connectivity index (χ0) is 19.6. The van der Waals surface area contributed by atoms with Crippen molar-refractivity contribution in [1.29, 1.82) is 0 Å². The SMILES string of the molecule is Cc1ccc(NC(=O)C2Cc3ccccc3CN2C(=O)CC(C)C)cc1F. The van der Waals surface area contributed by atoms with E-state index in [0.29, 0.717) is 30.6 Å². The summed E-state index contributed by atoms with van der Waals surface area (Å²) in [6.07, 6.45) is 0.852. The molecule has 142 valence electrons. The van der Waals surface area contributed by atoms with Gasteiger partial charge in [0.15, 0.2) is 0 Å². The molecule has 27 heavy (non-hydrogen) atoms. The molecule has 0 bridgehead atoms. The van der Waals surface area contributed by atoms with Gasteiger partial charge in [0.1, 0.15) is 11.9 Å². The van der Waals surface area contributed by atoms with E-state index in [4.69, 9.17) is 0 Å². The summed E-state index contributed by atoms with van der Waals surface area (Å²) in [6, 6.07) is 11.9. The number of nitrogens with one attached hydrogen (secondary N) is 1. The number of rotatable bonds is 4. The quantitative estimate of drug-likeness (QED) is 0.884. The van der Waals surface area contributed by atoms with E-state index < -0.39 is 6.04 Å². The zero-order valence-corrected chi connectivity index (χ0v) is 16.0. The van der Waals surface area contributed by atoms with Crippen LogP contribution in [0.1, 0.15) is 37.0 Å². The second-order valence-electron chi connectivity index (χ2n) is 7.56. The van der Waals surface area contributed by atoms with Crippen molar-refractivity contribution >= 4 is 17.5 Å². The van der Waals surface area contributed by atoms with Crippen molar-refractivity contribution in [3.8, 4) is 0 Å². The van der Waals surface area contributed by atoms with Gasteiger partial charge in [-0.3, -0.25) is 9.59 Å². The van der Waals surface area contributed by atoms with Crippen LogP contribution in [0.3, 0.4) is 0 Å². The fourth-order valence-corrected chi connectivity index (χ4v) is 3.38. The first-order valence-corrected chi connectivity index (χ1v) is 9.28. The minimum atomic E-state index is -0.601. The van der Waals surface area contributed by atoms with Crippen LogP contribution in [-0.2, 0) is 22.6 Å². The summed E-state index contributed by atoms with van der Waals surface area (Å²) in [5, 5.41) is 2.78. The third-order valence-electron chi connectivity index (χ3n) is 4.89. The van der Waals surface area contributed by atoms with Crippen LogP contribution in [0.15, 0.2) is 42.5 Å². The van der Waals surface area contributed by atoms with Crippen molar-refractivity contribution in [2.24, 2.45) is 5.92 Å². The lowest BCUT2D eigenvalue weighted by atomic mass is 9.92. The molecule has 0 aliphatic carbocycles. The van der Waals surface area contributed by atoms with E-state index in [9.17, 15) is 14.0 Å². The fraction of sp³-hybridized carbons (Fsp3) is 0.364. The van der Waals surface area contributed by atoms with Crippen LogP contribution < -0.4 is 5.32 Å². The van der Waals surface area contributed by atoms with Gasteiger partial charge in [-0.15, -0.1) is 0 Å². The molecule has 0 fully saturated rings. The Bertz CT molecular complexity index is 863. The number of nitrogens with zero attached hydrogens (tertiary/aromatic N) is 1. The number of carbonyl (C=O) groups excluding carboxylic acids is 2. The Balaban J connectivity index is 1.85. The molecule has 0 spiro atoms. The van der Waals surface area contributed by atoms with Crippen LogP contribution in [0.4, 0.5) is 10.1 Å². The largest absolute Gasteiger partial charge is 0.326 e. The highest BCUT2D eigenvalue weighted by atomic mass is 19.1. The summed E-state index contributed by atoms with van der Waals surface area (Å²) >= 11 is 0. The third kappa shape index (κ3) is 4.35. The Morgan fingerprint density at radius 3 is 2.56 bits per heavy atom. The zero-order valence-electron chi connectivity index (χ0n) is 16.0. The van der Waals surface area contributed by atoms with Crippen molar-refractivity contribution in [3.05, 3.63) is 65.0 Å². The number of hydrogen-bond acceptors (Lipinski definition) is 2. The summed E-state index contributed by atoms with van der Waals surface area (Å²) < 4.78 is 13.8. The Labute approximate surface area is 159 Å². The van der Waals surface area contributed by atoms with Gasteiger partial charge in [-0.05, 0) is 41.7 Å². The molecule has 2 amide bonds. The first kappa shape index (κ1) is 19.1. The van der Waals surface area contributed by atoms with Gasteiger partial charge < -0.3 is 10.2 Å². The molecule has 5 heteroatoms. The van der Waals surface area contributed by atoms with Gasteiger partial charge in [-0.1, -0.05) is 44.2 Å². The predicted octanol–water partition coefficient (Wildman–Crippen LogP) is 4.07. The van der Waals surface area contributed by atoms with Crippen LogP contribution in [0.2, 0.25) is 0 Å². The van der Waals surface area contributed by atoms with Crippen LogP contribution in [0.25, 0.3) is 0 Å². The van der Waals surface area contributed by atoms with Gasteiger partial charge in [-0.25, -0.2) is 4.39 Å². The predicted molar refractivity (Wildman–Crippen MR) is 104 cm³/mol. The van der Waals surface area contributed by atoms with Gasteiger partial charge in [0.05, 0.1) is 0 Å². The number of amides is 2. The maximum Gasteiger partial charge on any atom is 0.247 e. The van der Waals surface area contributed by atoms with Crippen LogP contribution in [0, 0.1) is 18.7 Å². The molecule has 1 heterocycles. The van der Waals surface area contributed by atoms with E-state index in [2.05, 4.69) is 5.32 Å². The average Bonchev–Trinajstić information content (AvgIpc) is 2.63. The molecule has 1 atom stereocenters. The Morgan fingerprint density at radius 2 is 1.89 bits per heavy atom. The molecule has 4 nitrogen and oxygen atoms in total. The maximum atomic E-state index is 13.8. The maximum absolute atomic E-state index is 13.8. The minimum Gasteiger partial charge on any atom is -0.326 e. The van der Waals surface area contributed by atoms with Crippen molar-refractivity contribution in [2.45, 2.75) is 46.2 Å². The topological polar surface area (TPSA) is 49.4 Å². The lowest BCUT2D eigenvalue weighted by Gasteiger charge is -2.36. The van der Waals surface area contributed by atoms with Crippen LogP contribution >= 0.6 is 0 Å². The van der Waals surface area contributed by atoms with Crippen LogP contribution in [0.5, 0.6) is 0 Å². The number of anilines is 1. The number of benzene rings is 2. The van der Waals surface area contributed by atoms with Crippen molar-refractivity contribution < 1.29 is 14.0 Å². The second kappa shape index (κ2) is 7.91. The molecule has 1 aliphatic heterocycles. The first-order valence-electron chi connectivity index (χ1n) is 9.28. The molecule has 1 aliphatic rings. The number of hydrogen-bond donors (Lipinski definition) is 1. The van der Waals surface area contributed by atoms with Crippen molar-refractivity contribution in [3.63, 3.8) is 0 Å². The average molecular weight is 368 g/mol. The molecule has 0 radical (unpaired) electrons. The summed E-state index contributed by atoms with van der Waals surface area (Å²) in [6.45, 7) is 6.06. The van der Waals surface area contributed by atoms with Gasteiger partial charge >= 0.3 is 0 Å². The minimum absolute atomic E-state index is 0.0326. The summed E-state index contributed by atoms with van der Waals surface area (Å²) in [7, 11) is 0. The highest BCUT2D eigenvalue weighted by Gasteiger charge is 2.34. The standard InChI is InChI=1S/C22H25FN2O2/c1-14(2)10-21(26)25-13-17-7-5-4-6-16(17)11-20(25)22(27)24-18-9-8-15(3)19(23)12-18/h4-9,12,14,20H,10-11,13H2,1-3H3,(H,24,27). The third-order valence-corrected chi connectivity index (χ3v) is 4.89. The summed E-state index contributed by atoms with van der Waals surface area (Å²) in [5.74, 6) is -0.473. The normalized spacial score (nSPS) is 16.2. The molecule has 2 aromatic rings. The Hall–Kier alpha value is -2.69. The van der Waals surface area contributed by atoms with E-state index in [0.717, 1.165) is 11.1 Å². The summed E-state index contributed by atoms with van der Waals surface area (Å²) in [4.78, 5) is 27.4. The van der Waals surface area contributed by atoms with E-state index in [1.165, 1.54) is 6.07 Å². The van der Waals surface area contributed by atoms with E-state index >= 15 is 0 Å². The Morgan fingerprint density at radius 1 is 1.19 bits per heavy atom. The summed E-state index contributed by atoms with van der Waals surface area (Å²) in [5.41, 5.74) is 3.06. The Kier molecular flexibility index (Phi) is 5.59. The van der Waals surface area contributed by atoms with Crippen molar-refractivity contribution in [1.82, 2.24) is 4.90 Å². The lowest BCUT2D eigenvalue weighted by molar-refractivity contribution is -0.140. The smallest absolute Gasteiger partial charge is 0.247 e. The molecule has 3 rings (SSSR count). The first-order chi connectivity index (χ1) is 12.8. The lowest BCUT2D eigenvalue weighted by Crippen LogP contribution is -2.50. The monoisotopic (exact) mass is 368 g/mol. The fourth-order valence-electron chi connectivity index (χ4n) is 3.38. The molecule has 1 unspecified atom stereocenters. The molecular formula is C22H25FN2O2. The highest BCUT2D eigenvalue weighted by Crippen LogP contribution is 2.26. The molecule has 2 aromatic carbocycles. The van der Waals surface area contributed by atoms with Crippen LogP contribution in [-0.4, -0.2) is 22.8 Å². The second-order valence-corrected chi connectivity index (χ2v) is 7.56. The van der Waals surface area contributed by atoms with Gasteiger partial charge in [0.25, 0.3) is 0 Å².